The number of benzene rings is 1. The number of ether oxygens (including phenoxy) is 2. The quantitative estimate of drug-likeness (QED) is 0.220. The summed E-state index contributed by atoms with van der Waals surface area (Å²) in [6.45, 7) is 7.23. The molecule has 1 heterocycles. The van der Waals surface area contributed by atoms with Crippen molar-refractivity contribution in [2.75, 3.05) is 34.4 Å². The Bertz CT molecular complexity index is 774. The molecule has 1 aromatic carbocycles. The standard InChI is InChI=1S/C22H35N5O2.HI/c1-17(2)21-19(15-27(5)25-21)14-26(4)22(23-3)24-12-7-13-29-16-18-8-10-20(28-6)11-9-18;/h8-11,15,17H,7,12-14,16H2,1-6H3,(H,23,24);1H. The van der Waals surface area contributed by atoms with E-state index in [4.69, 9.17) is 9.47 Å². The summed E-state index contributed by atoms with van der Waals surface area (Å²) in [5.74, 6) is 2.14. The lowest BCUT2D eigenvalue weighted by Crippen LogP contribution is -2.39. The third-order valence-electron chi connectivity index (χ3n) is 4.64. The molecular weight excluding hydrogens is 493 g/mol. The number of hydrogen-bond donors (Lipinski definition) is 1. The Labute approximate surface area is 197 Å². The van der Waals surface area contributed by atoms with Gasteiger partial charge in [0.2, 0.25) is 0 Å². The fraction of sp³-hybridized carbons (Fsp3) is 0.545. The van der Waals surface area contributed by atoms with Gasteiger partial charge in [0.1, 0.15) is 5.75 Å². The molecule has 0 radical (unpaired) electrons. The normalized spacial score (nSPS) is 11.4. The van der Waals surface area contributed by atoms with Crippen LogP contribution < -0.4 is 10.1 Å². The molecule has 0 atom stereocenters. The minimum Gasteiger partial charge on any atom is -0.497 e. The SMILES string of the molecule is CN=C(NCCCOCc1ccc(OC)cc1)N(C)Cc1cn(C)nc1C(C)C.I. The fourth-order valence-corrected chi connectivity index (χ4v) is 3.16. The van der Waals surface area contributed by atoms with Crippen LogP contribution in [0.15, 0.2) is 35.5 Å². The molecule has 0 aliphatic heterocycles. The van der Waals surface area contributed by atoms with E-state index in [0.717, 1.165) is 42.5 Å². The second-order valence-electron chi connectivity index (χ2n) is 7.45. The van der Waals surface area contributed by atoms with Crippen LogP contribution in [0.3, 0.4) is 0 Å². The maximum absolute atomic E-state index is 5.76. The highest BCUT2D eigenvalue weighted by atomic mass is 127. The van der Waals surface area contributed by atoms with Crippen LogP contribution in [-0.4, -0.2) is 55.0 Å². The second-order valence-corrected chi connectivity index (χ2v) is 7.45. The van der Waals surface area contributed by atoms with Crippen molar-refractivity contribution in [3.8, 4) is 5.75 Å². The highest BCUT2D eigenvalue weighted by Gasteiger charge is 2.14. The molecule has 2 rings (SSSR count). The van der Waals surface area contributed by atoms with Crippen LogP contribution in [0.5, 0.6) is 5.75 Å². The third-order valence-corrected chi connectivity index (χ3v) is 4.64. The van der Waals surface area contributed by atoms with Gasteiger partial charge in [0.25, 0.3) is 0 Å². The Morgan fingerprint density at radius 1 is 1.27 bits per heavy atom. The maximum atomic E-state index is 5.76. The van der Waals surface area contributed by atoms with Crippen LogP contribution in [0.25, 0.3) is 0 Å². The highest BCUT2D eigenvalue weighted by molar-refractivity contribution is 14.0. The molecule has 1 N–H and O–H groups in total. The first kappa shape index (κ1) is 26.2. The number of methoxy groups -OCH3 is 1. The van der Waals surface area contributed by atoms with E-state index in [1.54, 1.807) is 7.11 Å². The Morgan fingerprint density at radius 3 is 2.57 bits per heavy atom. The molecule has 168 valence electrons. The van der Waals surface area contributed by atoms with Gasteiger partial charge >= 0.3 is 0 Å². The van der Waals surface area contributed by atoms with Crippen molar-refractivity contribution in [3.05, 3.63) is 47.3 Å². The number of rotatable bonds is 10. The van der Waals surface area contributed by atoms with E-state index in [9.17, 15) is 0 Å². The Hall–Kier alpha value is -1.81. The zero-order chi connectivity index (χ0) is 21.2. The zero-order valence-corrected chi connectivity index (χ0v) is 21.3. The Kier molecular flexibility index (Phi) is 11.8. The highest BCUT2D eigenvalue weighted by Crippen LogP contribution is 2.18. The predicted molar refractivity (Wildman–Crippen MR) is 133 cm³/mol. The number of hydrogen-bond acceptors (Lipinski definition) is 4. The van der Waals surface area contributed by atoms with Gasteiger partial charge < -0.3 is 19.7 Å². The minimum absolute atomic E-state index is 0. The molecule has 1 aromatic heterocycles. The molecule has 0 fully saturated rings. The summed E-state index contributed by atoms with van der Waals surface area (Å²) >= 11 is 0. The molecule has 8 heteroatoms. The largest absolute Gasteiger partial charge is 0.497 e. The Balaban J connectivity index is 0.00000450. The number of nitrogens with one attached hydrogen (secondary N) is 1. The van der Waals surface area contributed by atoms with Crippen molar-refractivity contribution in [1.82, 2.24) is 20.0 Å². The predicted octanol–water partition coefficient (Wildman–Crippen LogP) is 3.78. The van der Waals surface area contributed by atoms with E-state index in [0.29, 0.717) is 19.1 Å². The number of aliphatic imine (C=N–C) groups is 1. The second kappa shape index (κ2) is 13.5. The van der Waals surface area contributed by atoms with Gasteiger partial charge in [0.15, 0.2) is 5.96 Å². The van der Waals surface area contributed by atoms with Crippen LogP contribution in [-0.2, 0) is 24.9 Å². The van der Waals surface area contributed by atoms with Crippen LogP contribution >= 0.6 is 24.0 Å². The monoisotopic (exact) mass is 529 g/mol. The lowest BCUT2D eigenvalue weighted by molar-refractivity contribution is 0.119. The van der Waals surface area contributed by atoms with Crippen molar-refractivity contribution in [3.63, 3.8) is 0 Å². The van der Waals surface area contributed by atoms with Crippen molar-refractivity contribution >= 4 is 29.9 Å². The van der Waals surface area contributed by atoms with Gasteiger partial charge in [-0.2, -0.15) is 5.10 Å². The van der Waals surface area contributed by atoms with Crippen molar-refractivity contribution < 1.29 is 9.47 Å². The summed E-state index contributed by atoms with van der Waals surface area (Å²) in [5, 5.41) is 8.00. The average Bonchev–Trinajstić information content (AvgIpc) is 3.08. The van der Waals surface area contributed by atoms with E-state index in [-0.39, 0.29) is 24.0 Å². The first-order chi connectivity index (χ1) is 13.9. The van der Waals surface area contributed by atoms with Crippen LogP contribution in [0.2, 0.25) is 0 Å². The summed E-state index contributed by atoms with van der Waals surface area (Å²) in [6.07, 6.45) is 3.00. The average molecular weight is 529 g/mol. The summed E-state index contributed by atoms with van der Waals surface area (Å²) in [6, 6.07) is 7.95. The van der Waals surface area contributed by atoms with E-state index in [1.165, 1.54) is 5.56 Å². The molecule has 2 aromatic rings. The molecule has 0 bridgehead atoms. The molecule has 7 nitrogen and oxygen atoms in total. The van der Waals surface area contributed by atoms with Crippen molar-refractivity contribution in [2.24, 2.45) is 12.0 Å². The first-order valence-corrected chi connectivity index (χ1v) is 10.1. The fourth-order valence-electron chi connectivity index (χ4n) is 3.16. The molecule has 0 unspecified atom stereocenters. The van der Waals surface area contributed by atoms with Crippen LogP contribution in [0.4, 0.5) is 0 Å². The molecule has 0 saturated carbocycles. The van der Waals surface area contributed by atoms with E-state index < -0.39 is 0 Å². The summed E-state index contributed by atoms with van der Waals surface area (Å²) in [4.78, 5) is 6.52. The lowest BCUT2D eigenvalue weighted by atomic mass is 10.1. The van der Waals surface area contributed by atoms with Gasteiger partial charge in [-0.1, -0.05) is 26.0 Å². The third kappa shape index (κ3) is 8.14. The van der Waals surface area contributed by atoms with Gasteiger partial charge in [-0.3, -0.25) is 9.67 Å². The molecule has 0 amide bonds. The van der Waals surface area contributed by atoms with Gasteiger partial charge in [-0.25, -0.2) is 0 Å². The maximum Gasteiger partial charge on any atom is 0.193 e. The molecule has 0 aliphatic rings. The number of halogens is 1. The van der Waals surface area contributed by atoms with E-state index >= 15 is 0 Å². The Morgan fingerprint density at radius 2 is 1.97 bits per heavy atom. The van der Waals surface area contributed by atoms with Crippen LogP contribution in [0, 0.1) is 0 Å². The molecule has 0 saturated heterocycles. The summed E-state index contributed by atoms with van der Waals surface area (Å²) in [7, 11) is 7.50. The van der Waals surface area contributed by atoms with Crippen molar-refractivity contribution in [1.29, 1.82) is 0 Å². The molecule has 30 heavy (non-hydrogen) atoms. The van der Waals surface area contributed by atoms with Gasteiger partial charge in [0.05, 0.1) is 19.4 Å². The minimum atomic E-state index is 0. The molecular formula is C22H36IN5O2. The number of aromatic nitrogens is 2. The summed E-state index contributed by atoms with van der Waals surface area (Å²) < 4.78 is 12.8. The number of aryl methyl sites for hydroxylation is 1. The summed E-state index contributed by atoms with van der Waals surface area (Å²) in [5.41, 5.74) is 3.52. The van der Waals surface area contributed by atoms with Crippen LogP contribution in [0.1, 0.15) is 43.0 Å². The lowest BCUT2D eigenvalue weighted by Gasteiger charge is -2.22. The van der Waals surface area contributed by atoms with Gasteiger partial charge in [-0.05, 0) is 30.0 Å². The smallest absolute Gasteiger partial charge is 0.193 e. The zero-order valence-electron chi connectivity index (χ0n) is 19.0. The molecule has 0 aliphatic carbocycles. The van der Waals surface area contributed by atoms with E-state index in [1.807, 2.05) is 50.1 Å². The first-order valence-electron chi connectivity index (χ1n) is 10.1. The van der Waals surface area contributed by atoms with E-state index in [2.05, 4.69) is 40.4 Å². The van der Waals surface area contributed by atoms with Crippen molar-refractivity contribution in [2.45, 2.75) is 39.3 Å². The number of guanidine groups is 1. The topological polar surface area (TPSA) is 63.9 Å². The number of nitrogens with zero attached hydrogens (tertiary/aromatic N) is 4. The van der Waals surface area contributed by atoms with Gasteiger partial charge in [0, 0.05) is 52.6 Å². The molecule has 0 spiro atoms. The van der Waals surface area contributed by atoms with Gasteiger partial charge in [-0.15, -0.1) is 24.0 Å².